The normalized spacial score (nSPS) is 32.0. The van der Waals surface area contributed by atoms with Gasteiger partial charge in [0, 0.05) is 13.1 Å². The molecule has 2 aliphatic heterocycles. The number of rotatable bonds is 6. The van der Waals surface area contributed by atoms with E-state index < -0.39 is 5.60 Å². The molecule has 0 aromatic heterocycles. The zero-order valence-corrected chi connectivity index (χ0v) is 21.8. The number of benzene rings is 1. The minimum Gasteiger partial charge on any atom is -0.487 e. The van der Waals surface area contributed by atoms with Crippen molar-refractivity contribution in [2.24, 2.45) is 17.3 Å². The van der Waals surface area contributed by atoms with Gasteiger partial charge in [-0.05, 0) is 94.6 Å². The van der Waals surface area contributed by atoms with Crippen molar-refractivity contribution in [3.63, 3.8) is 0 Å². The van der Waals surface area contributed by atoms with E-state index in [9.17, 15) is 4.79 Å². The number of aryl methyl sites for hydroxylation is 1. The highest BCUT2D eigenvalue weighted by Crippen LogP contribution is 2.65. The summed E-state index contributed by atoms with van der Waals surface area (Å²) in [5, 5.41) is 3.21. The van der Waals surface area contributed by atoms with Crippen LogP contribution in [0.15, 0.2) is 12.1 Å². The summed E-state index contributed by atoms with van der Waals surface area (Å²) in [6.45, 7) is 16.3. The molecule has 2 heterocycles. The van der Waals surface area contributed by atoms with Crippen LogP contribution < -0.4 is 10.1 Å². The van der Waals surface area contributed by atoms with Crippen LogP contribution in [0.2, 0.25) is 6.32 Å². The standard InChI is InChI=1S/C27H40BNO5/c1-16-17(8-9-20(31-19-14-29-15-19)23(16)24(30)32-25(2,3)4)10-11-28-33-22-13-18-12-21(26(18,5)6)27(22,7)34-28/h8-9,18-19,21-22,29H,10-15H2,1-7H3/t18-,21-,22+,27-/m0/s1. The first-order valence-electron chi connectivity index (χ1n) is 12.9. The first kappa shape index (κ1) is 24.1. The number of hydrogen-bond acceptors (Lipinski definition) is 6. The van der Waals surface area contributed by atoms with Crippen molar-refractivity contribution in [2.45, 2.75) is 97.5 Å². The summed E-state index contributed by atoms with van der Waals surface area (Å²) in [6.07, 6.45) is 4.18. The number of carbonyl (C=O) groups excluding carboxylic acids is 1. The third-order valence-corrected chi connectivity index (χ3v) is 8.83. The average molecular weight is 469 g/mol. The first-order valence-corrected chi connectivity index (χ1v) is 12.9. The smallest absolute Gasteiger partial charge is 0.457 e. The molecule has 2 saturated heterocycles. The molecule has 3 aliphatic carbocycles. The van der Waals surface area contributed by atoms with Gasteiger partial charge in [-0.15, -0.1) is 0 Å². The van der Waals surface area contributed by atoms with Crippen molar-refractivity contribution >= 4 is 13.1 Å². The molecule has 0 unspecified atom stereocenters. The predicted molar refractivity (Wildman–Crippen MR) is 132 cm³/mol. The highest BCUT2D eigenvalue weighted by molar-refractivity contribution is 6.45. The Morgan fingerprint density at radius 3 is 2.56 bits per heavy atom. The molecule has 34 heavy (non-hydrogen) atoms. The molecule has 7 heteroatoms. The summed E-state index contributed by atoms with van der Waals surface area (Å²) in [5.41, 5.74) is 2.15. The number of ether oxygens (including phenoxy) is 2. The van der Waals surface area contributed by atoms with Gasteiger partial charge < -0.3 is 24.1 Å². The number of nitrogens with one attached hydrogen (secondary N) is 1. The van der Waals surface area contributed by atoms with Gasteiger partial charge in [0.05, 0.1) is 11.7 Å². The van der Waals surface area contributed by atoms with Crippen LogP contribution in [-0.4, -0.2) is 49.6 Å². The summed E-state index contributed by atoms with van der Waals surface area (Å²) in [5.74, 6) is 1.58. The van der Waals surface area contributed by atoms with Crippen LogP contribution in [0.25, 0.3) is 0 Å². The van der Waals surface area contributed by atoms with Crippen molar-refractivity contribution in [1.82, 2.24) is 5.32 Å². The molecular formula is C27H40BNO5. The van der Waals surface area contributed by atoms with Crippen molar-refractivity contribution in [2.75, 3.05) is 13.1 Å². The van der Waals surface area contributed by atoms with E-state index in [1.54, 1.807) is 0 Å². The molecule has 6 nitrogen and oxygen atoms in total. The van der Waals surface area contributed by atoms with Gasteiger partial charge in [-0.2, -0.15) is 0 Å². The topological polar surface area (TPSA) is 66.0 Å². The Morgan fingerprint density at radius 2 is 1.94 bits per heavy atom. The Hall–Kier alpha value is -1.57. The zero-order valence-electron chi connectivity index (χ0n) is 21.8. The van der Waals surface area contributed by atoms with Gasteiger partial charge in [-0.3, -0.25) is 0 Å². The van der Waals surface area contributed by atoms with Crippen LogP contribution in [-0.2, 0) is 20.5 Å². The van der Waals surface area contributed by atoms with Gasteiger partial charge in [0.15, 0.2) is 0 Å². The molecule has 1 aromatic carbocycles. The molecule has 186 valence electrons. The van der Waals surface area contributed by atoms with Crippen LogP contribution in [0.4, 0.5) is 0 Å². The molecule has 0 amide bonds. The fourth-order valence-corrected chi connectivity index (χ4v) is 6.56. The highest BCUT2D eigenvalue weighted by atomic mass is 16.7. The lowest BCUT2D eigenvalue weighted by molar-refractivity contribution is -0.199. The quantitative estimate of drug-likeness (QED) is 0.487. The maximum atomic E-state index is 13.1. The first-order chi connectivity index (χ1) is 15.9. The summed E-state index contributed by atoms with van der Waals surface area (Å²) in [4.78, 5) is 13.1. The monoisotopic (exact) mass is 469 g/mol. The number of esters is 1. The van der Waals surface area contributed by atoms with Crippen LogP contribution in [0.5, 0.6) is 5.75 Å². The molecule has 0 radical (unpaired) electrons. The van der Waals surface area contributed by atoms with Gasteiger partial charge in [0.1, 0.15) is 23.0 Å². The van der Waals surface area contributed by atoms with Gasteiger partial charge >= 0.3 is 13.1 Å². The molecule has 0 spiro atoms. The number of hydrogen-bond donors (Lipinski definition) is 1. The number of carbonyl (C=O) groups is 1. The average Bonchev–Trinajstić information content (AvgIpc) is 3.04. The van der Waals surface area contributed by atoms with E-state index >= 15 is 0 Å². The highest BCUT2D eigenvalue weighted by Gasteiger charge is 2.67. The summed E-state index contributed by atoms with van der Waals surface area (Å²) >= 11 is 0. The molecule has 1 N–H and O–H groups in total. The second-order valence-electron chi connectivity index (χ2n) is 12.6. The van der Waals surface area contributed by atoms with E-state index in [0.717, 1.165) is 49.3 Å². The van der Waals surface area contributed by atoms with Gasteiger partial charge in [-0.1, -0.05) is 19.9 Å². The second kappa shape index (κ2) is 8.24. The SMILES string of the molecule is Cc1c(CCB2O[C@@H]3C[C@@H]4C[C@@H](C4(C)C)[C@]3(C)O2)ccc(OC2CNC2)c1C(=O)OC(C)(C)C. The van der Waals surface area contributed by atoms with Crippen LogP contribution in [0.3, 0.4) is 0 Å². The minimum absolute atomic E-state index is 0.0892. The van der Waals surface area contributed by atoms with Crippen molar-refractivity contribution in [3.8, 4) is 5.75 Å². The maximum Gasteiger partial charge on any atom is 0.457 e. The van der Waals surface area contributed by atoms with E-state index in [1.807, 2.05) is 33.8 Å². The van der Waals surface area contributed by atoms with Crippen molar-refractivity contribution in [3.05, 3.63) is 28.8 Å². The summed E-state index contributed by atoms with van der Waals surface area (Å²) in [7, 11) is -0.202. The molecule has 3 saturated carbocycles. The van der Waals surface area contributed by atoms with Crippen LogP contribution >= 0.6 is 0 Å². The molecule has 1 aromatic rings. The molecular weight excluding hydrogens is 429 g/mol. The Balaban J connectivity index is 1.31. The Bertz CT molecular complexity index is 969. The van der Waals surface area contributed by atoms with Gasteiger partial charge in [-0.25, -0.2) is 4.79 Å². The Labute approximate surface area is 204 Å². The lowest BCUT2D eigenvalue weighted by atomic mass is 9.43. The minimum atomic E-state index is -0.569. The van der Waals surface area contributed by atoms with Crippen molar-refractivity contribution in [1.29, 1.82) is 0 Å². The molecule has 2 bridgehead atoms. The van der Waals surface area contributed by atoms with E-state index in [4.69, 9.17) is 18.8 Å². The Morgan fingerprint density at radius 1 is 1.21 bits per heavy atom. The van der Waals surface area contributed by atoms with Gasteiger partial charge in [0.2, 0.25) is 0 Å². The fourth-order valence-electron chi connectivity index (χ4n) is 6.56. The van der Waals surface area contributed by atoms with E-state index in [0.29, 0.717) is 22.6 Å². The molecule has 6 rings (SSSR count). The summed E-state index contributed by atoms with van der Waals surface area (Å²) < 4.78 is 24.9. The lowest BCUT2D eigenvalue weighted by Crippen LogP contribution is -2.65. The third kappa shape index (κ3) is 4.08. The van der Waals surface area contributed by atoms with Crippen molar-refractivity contribution < 1.29 is 23.6 Å². The third-order valence-electron chi connectivity index (χ3n) is 8.83. The largest absolute Gasteiger partial charge is 0.487 e. The van der Waals surface area contributed by atoms with Gasteiger partial charge in [0.25, 0.3) is 0 Å². The maximum absolute atomic E-state index is 13.1. The predicted octanol–water partition coefficient (Wildman–Crippen LogP) is 4.57. The molecule has 5 fully saturated rings. The Kier molecular flexibility index (Phi) is 5.85. The zero-order chi connectivity index (χ0) is 24.5. The van der Waals surface area contributed by atoms with Crippen LogP contribution in [0.1, 0.15) is 75.9 Å². The van der Waals surface area contributed by atoms with E-state index in [1.165, 1.54) is 6.42 Å². The van der Waals surface area contributed by atoms with E-state index in [-0.39, 0.29) is 30.9 Å². The lowest BCUT2D eigenvalue weighted by Gasteiger charge is -2.64. The molecule has 4 atom stereocenters. The van der Waals surface area contributed by atoms with E-state index in [2.05, 4.69) is 32.2 Å². The molecule has 5 aliphatic rings. The summed E-state index contributed by atoms with van der Waals surface area (Å²) in [6, 6.07) is 4.00. The fraction of sp³-hybridized carbons (Fsp3) is 0.741. The second-order valence-corrected chi connectivity index (χ2v) is 12.6. The van der Waals surface area contributed by atoms with Crippen LogP contribution in [0, 0.1) is 24.2 Å².